The Balaban J connectivity index is 1.49. The number of oxazole rings is 2. The summed E-state index contributed by atoms with van der Waals surface area (Å²) >= 11 is 0. The Labute approximate surface area is 265 Å². The normalized spacial score (nSPS) is 23.7. The van der Waals surface area contributed by atoms with Crippen LogP contribution in [-0.4, -0.2) is 50.4 Å². The van der Waals surface area contributed by atoms with Gasteiger partial charge in [-0.3, -0.25) is 9.59 Å². The molecule has 46 heavy (non-hydrogen) atoms. The van der Waals surface area contributed by atoms with Crippen molar-refractivity contribution in [3.63, 3.8) is 0 Å². The highest BCUT2D eigenvalue weighted by Gasteiger charge is 2.61. The molecule has 2 aromatic carbocycles. The predicted octanol–water partition coefficient (Wildman–Crippen LogP) is 3.56. The lowest BCUT2D eigenvalue weighted by atomic mass is 9.72. The number of amides is 2. The zero-order valence-electron chi connectivity index (χ0n) is 26.2. The summed E-state index contributed by atoms with van der Waals surface area (Å²) in [5.41, 5.74) is 2.29. The van der Waals surface area contributed by atoms with Gasteiger partial charge in [0, 0.05) is 17.7 Å². The molecule has 1 spiro atoms. The van der Waals surface area contributed by atoms with Crippen LogP contribution < -0.4 is 20.7 Å². The molecule has 0 radical (unpaired) electrons. The maximum Gasteiger partial charge on any atom is 0.249 e. The number of anilines is 1. The molecule has 0 saturated heterocycles. The minimum absolute atomic E-state index is 0.151. The molecule has 5 N–H and O–H groups in total. The van der Waals surface area contributed by atoms with Gasteiger partial charge in [0.15, 0.2) is 17.7 Å². The highest BCUT2D eigenvalue weighted by atomic mass is 16.5. The Morgan fingerprint density at radius 1 is 1.13 bits per heavy atom. The van der Waals surface area contributed by atoms with Crippen LogP contribution in [0.4, 0.5) is 5.69 Å². The number of rotatable bonds is 5. The molecule has 3 aliphatic heterocycles. The van der Waals surface area contributed by atoms with E-state index < -0.39 is 47.1 Å². The fraction of sp³-hybridized carbons (Fsp3) is 0.412. The Bertz CT molecular complexity index is 1840. The molecule has 12 heteroatoms. The van der Waals surface area contributed by atoms with E-state index in [2.05, 4.69) is 20.9 Å². The van der Waals surface area contributed by atoms with Gasteiger partial charge in [-0.2, -0.15) is 0 Å². The molecule has 4 aromatic rings. The van der Waals surface area contributed by atoms with Crippen LogP contribution in [-0.2, 0) is 28.0 Å². The van der Waals surface area contributed by atoms with Crippen LogP contribution in [0.2, 0.25) is 0 Å². The maximum atomic E-state index is 14.0. The summed E-state index contributed by atoms with van der Waals surface area (Å²) in [6.45, 7) is 9.00. The summed E-state index contributed by atoms with van der Waals surface area (Å²) < 4.78 is 19.2. The fourth-order valence-corrected chi connectivity index (χ4v) is 6.61. The minimum atomic E-state index is -1.28. The van der Waals surface area contributed by atoms with Gasteiger partial charge in [0.1, 0.15) is 41.3 Å². The number of aromatic nitrogens is 2. The molecule has 5 heterocycles. The number of fused-ring (bicyclic) bond motifs is 4. The topological polar surface area (TPSA) is 172 Å². The molecule has 7 rings (SSSR count). The van der Waals surface area contributed by atoms with E-state index in [9.17, 15) is 19.8 Å². The van der Waals surface area contributed by atoms with E-state index in [4.69, 9.17) is 18.6 Å². The van der Waals surface area contributed by atoms with E-state index in [0.29, 0.717) is 22.9 Å². The first-order valence-corrected chi connectivity index (χ1v) is 15.4. The molecule has 5 atom stereocenters. The third-order valence-corrected chi connectivity index (χ3v) is 9.04. The smallest absolute Gasteiger partial charge is 0.249 e. The summed E-state index contributed by atoms with van der Waals surface area (Å²) in [6, 6.07) is 11.8. The Hall–Kier alpha value is -4.68. The summed E-state index contributed by atoms with van der Waals surface area (Å²) in [4.78, 5) is 36.6. The largest absolute Gasteiger partial charge is 0.469 e. The molecule has 0 fully saturated rings. The monoisotopic (exact) mass is 627 g/mol. The molecule has 2 aromatic heterocycles. The summed E-state index contributed by atoms with van der Waals surface area (Å²) in [5, 5.41) is 29.7. The first-order chi connectivity index (χ1) is 21.9. The van der Waals surface area contributed by atoms with Crippen molar-refractivity contribution in [3.8, 4) is 17.3 Å². The van der Waals surface area contributed by atoms with Crippen molar-refractivity contribution in [1.29, 1.82) is 0 Å². The maximum absolute atomic E-state index is 14.0. The van der Waals surface area contributed by atoms with E-state index >= 15 is 0 Å². The van der Waals surface area contributed by atoms with Crippen LogP contribution in [0, 0.1) is 11.3 Å². The van der Waals surface area contributed by atoms with Crippen molar-refractivity contribution >= 4 is 17.5 Å². The van der Waals surface area contributed by atoms with Gasteiger partial charge in [0.25, 0.3) is 0 Å². The number of carbonyl (C=O) groups is 2. The van der Waals surface area contributed by atoms with E-state index in [0.717, 1.165) is 22.4 Å². The average molecular weight is 628 g/mol. The van der Waals surface area contributed by atoms with E-state index in [-0.39, 0.29) is 30.7 Å². The van der Waals surface area contributed by atoms with Crippen LogP contribution in [0.3, 0.4) is 0 Å². The van der Waals surface area contributed by atoms with Crippen LogP contribution in [0.5, 0.6) is 5.75 Å². The molecule has 4 bridgehead atoms. The average Bonchev–Trinajstić information content (AvgIpc) is 3.78. The van der Waals surface area contributed by atoms with Crippen molar-refractivity contribution in [2.45, 2.75) is 77.5 Å². The number of hydrogen-bond acceptors (Lipinski definition) is 10. The van der Waals surface area contributed by atoms with Gasteiger partial charge in [0.05, 0.1) is 6.61 Å². The number of carbonyl (C=O) groups excluding carboxylic acids is 2. The van der Waals surface area contributed by atoms with Crippen molar-refractivity contribution in [2.75, 3.05) is 5.32 Å². The molecule has 3 unspecified atom stereocenters. The number of hydrogen-bond donors (Lipinski definition) is 5. The van der Waals surface area contributed by atoms with Gasteiger partial charge in [-0.25, -0.2) is 9.97 Å². The third-order valence-electron chi connectivity index (χ3n) is 9.04. The first kappa shape index (κ1) is 30.0. The van der Waals surface area contributed by atoms with Gasteiger partial charge in [-0.1, -0.05) is 65.0 Å². The van der Waals surface area contributed by atoms with E-state index in [1.54, 1.807) is 13.8 Å². The predicted molar refractivity (Wildman–Crippen MR) is 166 cm³/mol. The van der Waals surface area contributed by atoms with Gasteiger partial charge < -0.3 is 39.7 Å². The number of ether oxygens (including phenoxy) is 1. The highest BCUT2D eigenvalue weighted by molar-refractivity contribution is 5.90. The summed E-state index contributed by atoms with van der Waals surface area (Å²) in [7, 11) is 0. The van der Waals surface area contributed by atoms with E-state index in [1.807, 2.05) is 63.2 Å². The number of benzene rings is 2. The zero-order chi connectivity index (χ0) is 32.5. The van der Waals surface area contributed by atoms with Gasteiger partial charge in [0.2, 0.25) is 23.6 Å². The SMILES string of the molecule is CC(C)[C@H](O)C(=O)NC1Cc2ccc3c(c2)[C@@]2(c4ccccc4NC2O3)c2oc(nc2-c2nc(CO)co2)C(C(C)(C)C)NC1=O. The zero-order valence-corrected chi connectivity index (χ0v) is 26.2. The first-order valence-electron chi connectivity index (χ1n) is 15.4. The van der Waals surface area contributed by atoms with Crippen LogP contribution in [0.1, 0.15) is 74.7 Å². The number of aliphatic hydroxyl groups is 2. The lowest BCUT2D eigenvalue weighted by Crippen LogP contribution is -2.53. The van der Waals surface area contributed by atoms with Crippen molar-refractivity contribution in [2.24, 2.45) is 11.3 Å². The summed E-state index contributed by atoms with van der Waals surface area (Å²) in [6.07, 6.45) is -0.380. The minimum Gasteiger partial charge on any atom is -0.469 e. The molecular formula is C34H37N5O7. The standard InChI is InChI=1S/C34H37N5O7/c1-16(2)25(41)29(43)36-22-13-17-10-11-23-20(12-17)34(19-8-6-7-9-21(19)37-32(34)45-23)27-24(30-35-18(14-40)15-44-30)38-31(46-27)26(33(3,4)5)39-28(22)42/h6-12,15-16,22,25-26,32,37,40-41H,13-14H2,1-5H3,(H,36,43)(H,39,42)/t22?,25-,26?,32?,34-/m0/s1. The van der Waals surface area contributed by atoms with E-state index in [1.165, 1.54) is 6.26 Å². The molecule has 3 aliphatic rings. The molecule has 12 nitrogen and oxygen atoms in total. The van der Waals surface area contributed by atoms with Crippen molar-refractivity contribution in [3.05, 3.63) is 82.8 Å². The second kappa shape index (κ2) is 10.7. The number of nitrogens with one attached hydrogen (secondary N) is 3. The Morgan fingerprint density at radius 3 is 2.63 bits per heavy atom. The highest BCUT2D eigenvalue weighted by Crippen LogP contribution is 2.59. The number of nitrogens with zero attached hydrogens (tertiary/aromatic N) is 2. The van der Waals surface area contributed by atoms with Crippen molar-refractivity contribution < 1.29 is 33.4 Å². The summed E-state index contributed by atoms with van der Waals surface area (Å²) in [5.74, 6) is -0.0293. The van der Waals surface area contributed by atoms with Gasteiger partial charge in [-0.05, 0) is 34.6 Å². The molecule has 2 amide bonds. The van der Waals surface area contributed by atoms with Crippen molar-refractivity contribution in [1.82, 2.24) is 20.6 Å². The van der Waals surface area contributed by atoms with Gasteiger partial charge in [-0.15, -0.1) is 0 Å². The Kier molecular flexibility index (Phi) is 6.98. The van der Waals surface area contributed by atoms with Crippen LogP contribution in [0.15, 0.2) is 57.6 Å². The lowest BCUT2D eigenvalue weighted by Gasteiger charge is -2.32. The molecule has 240 valence electrons. The molecular weight excluding hydrogens is 590 g/mol. The molecule has 0 saturated carbocycles. The third kappa shape index (κ3) is 4.58. The van der Waals surface area contributed by atoms with Crippen LogP contribution in [0.25, 0.3) is 11.6 Å². The second-order valence-electron chi connectivity index (χ2n) is 13.6. The second-order valence-corrected chi connectivity index (χ2v) is 13.6. The Morgan fingerprint density at radius 2 is 1.91 bits per heavy atom. The van der Waals surface area contributed by atoms with Gasteiger partial charge >= 0.3 is 0 Å². The fourth-order valence-electron chi connectivity index (χ4n) is 6.61. The van der Waals surface area contributed by atoms with Crippen LogP contribution >= 0.6 is 0 Å². The lowest BCUT2D eigenvalue weighted by molar-refractivity contribution is -0.136. The molecule has 0 aliphatic carbocycles. The number of aliphatic hydroxyl groups excluding tert-OH is 2. The quantitative estimate of drug-likeness (QED) is 0.220. The number of para-hydroxylation sites is 1.